The van der Waals surface area contributed by atoms with Gasteiger partial charge in [-0.15, -0.1) is 0 Å². The fraction of sp³-hybridized carbons (Fsp3) is 0.0909. The maximum Gasteiger partial charge on any atom is 0.353 e. The molecular weight excluding hydrogens is 284 g/mol. The third-order valence-electron chi connectivity index (χ3n) is 2.41. The van der Waals surface area contributed by atoms with Crippen LogP contribution in [0.15, 0.2) is 24.3 Å². The molecule has 20 heavy (non-hydrogen) atoms. The van der Waals surface area contributed by atoms with E-state index >= 15 is 0 Å². The van der Waals surface area contributed by atoms with Gasteiger partial charge in [0.1, 0.15) is 0 Å². The number of nitrogens with two attached hydrogens (primary N) is 1. The van der Waals surface area contributed by atoms with Crippen LogP contribution in [0.5, 0.6) is 0 Å². The number of nitrogens with one attached hydrogen (secondary N) is 2. The number of halogens is 1. The minimum atomic E-state index is -0.635. The van der Waals surface area contributed by atoms with E-state index < -0.39 is 4.92 Å². The predicted octanol–water partition coefficient (Wildman–Crippen LogP) is 2.41. The van der Waals surface area contributed by atoms with Crippen LogP contribution in [0.3, 0.4) is 0 Å². The number of hydrogen-bond acceptors (Lipinski definition) is 7. The topological polar surface area (TPSA) is 119 Å². The quantitative estimate of drug-likeness (QED) is 0.585. The SMILES string of the molecule is CNc1nc(Nc2cccc(Cl)c2)nc(N)c1[N+](=O)[O-]. The Balaban J connectivity index is 2.39. The lowest BCUT2D eigenvalue weighted by atomic mass is 10.3. The molecule has 0 saturated carbocycles. The van der Waals surface area contributed by atoms with Crippen LogP contribution < -0.4 is 16.4 Å². The first-order chi connectivity index (χ1) is 9.51. The van der Waals surface area contributed by atoms with Gasteiger partial charge in [0.05, 0.1) is 4.92 Å². The van der Waals surface area contributed by atoms with Crippen LogP contribution in [0.25, 0.3) is 0 Å². The van der Waals surface area contributed by atoms with E-state index in [4.69, 9.17) is 17.3 Å². The van der Waals surface area contributed by atoms with Crippen LogP contribution in [0, 0.1) is 10.1 Å². The van der Waals surface area contributed by atoms with Gasteiger partial charge in [0, 0.05) is 17.8 Å². The molecule has 0 atom stereocenters. The van der Waals surface area contributed by atoms with Gasteiger partial charge in [0.15, 0.2) is 0 Å². The lowest BCUT2D eigenvalue weighted by Crippen LogP contribution is -2.08. The lowest BCUT2D eigenvalue weighted by Gasteiger charge is -2.08. The summed E-state index contributed by atoms with van der Waals surface area (Å²) < 4.78 is 0. The lowest BCUT2D eigenvalue weighted by molar-refractivity contribution is -0.383. The number of nitro groups is 1. The van der Waals surface area contributed by atoms with Gasteiger partial charge < -0.3 is 16.4 Å². The van der Waals surface area contributed by atoms with Crippen molar-refractivity contribution in [3.63, 3.8) is 0 Å². The molecule has 1 aromatic heterocycles. The van der Waals surface area contributed by atoms with Crippen molar-refractivity contribution in [3.8, 4) is 0 Å². The molecule has 0 aliphatic heterocycles. The van der Waals surface area contributed by atoms with Crippen molar-refractivity contribution in [2.75, 3.05) is 23.4 Å². The number of rotatable bonds is 4. The highest BCUT2D eigenvalue weighted by atomic mass is 35.5. The minimum Gasteiger partial charge on any atom is -0.378 e. The molecule has 0 aliphatic carbocycles. The van der Waals surface area contributed by atoms with Gasteiger partial charge in [-0.25, -0.2) is 0 Å². The highest BCUT2D eigenvalue weighted by molar-refractivity contribution is 6.30. The second kappa shape index (κ2) is 5.57. The van der Waals surface area contributed by atoms with E-state index in [1.165, 1.54) is 7.05 Å². The maximum atomic E-state index is 10.9. The zero-order valence-corrected chi connectivity index (χ0v) is 11.2. The smallest absolute Gasteiger partial charge is 0.353 e. The molecule has 2 aromatic rings. The van der Waals surface area contributed by atoms with Crippen molar-refractivity contribution in [2.24, 2.45) is 0 Å². The molecule has 0 aliphatic rings. The zero-order chi connectivity index (χ0) is 14.7. The molecule has 0 fully saturated rings. The molecule has 0 bridgehead atoms. The Morgan fingerprint density at radius 3 is 2.75 bits per heavy atom. The highest BCUT2D eigenvalue weighted by Crippen LogP contribution is 2.29. The van der Waals surface area contributed by atoms with Crippen LogP contribution in [-0.2, 0) is 0 Å². The van der Waals surface area contributed by atoms with Crippen molar-refractivity contribution in [1.82, 2.24) is 9.97 Å². The van der Waals surface area contributed by atoms with Gasteiger partial charge in [0.25, 0.3) is 0 Å². The molecule has 1 heterocycles. The summed E-state index contributed by atoms with van der Waals surface area (Å²) in [5, 5.41) is 16.9. The van der Waals surface area contributed by atoms with Crippen molar-refractivity contribution in [3.05, 3.63) is 39.4 Å². The number of hydrogen-bond donors (Lipinski definition) is 3. The van der Waals surface area contributed by atoms with Gasteiger partial charge in [-0.05, 0) is 18.2 Å². The van der Waals surface area contributed by atoms with Crippen molar-refractivity contribution in [2.45, 2.75) is 0 Å². The van der Waals surface area contributed by atoms with Crippen molar-refractivity contribution < 1.29 is 4.92 Å². The fourth-order valence-corrected chi connectivity index (χ4v) is 1.77. The largest absolute Gasteiger partial charge is 0.378 e. The summed E-state index contributed by atoms with van der Waals surface area (Å²) in [4.78, 5) is 18.1. The summed E-state index contributed by atoms with van der Waals surface area (Å²) in [7, 11) is 1.51. The monoisotopic (exact) mass is 294 g/mol. The summed E-state index contributed by atoms with van der Waals surface area (Å²) in [5.41, 5.74) is 5.87. The Morgan fingerprint density at radius 1 is 1.40 bits per heavy atom. The molecule has 104 valence electrons. The van der Waals surface area contributed by atoms with Crippen molar-refractivity contribution in [1.29, 1.82) is 0 Å². The van der Waals surface area contributed by atoms with Gasteiger partial charge in [0.2, 0.25) is 17.6 Å². The van der Waals surface area contributed by atoms with Crippen LogP contribution in [-0.4, -0.2) is 21.9 Å². The average Bonchev–Trinajstić information content (AvgIpc) is 2.37. The third-order valence-corrected chi connectivity index (χ3v) is 2.65. The second-order valence-corrected chi connectivity index (χ2v) is 4.21. The fourth-order valence-electron chi connectivity index (χ4n) is 1.58. The van der Waals surface area contributed by atoms with E-state index in [0.29, 0.717) is 10.7 Å². The Bertz CT molecular complexity index is 663. The van der Waals surface area contributed by atoms with E-state index in [1.54, 1.807) is 24.3 Å². The molecule has 4 N–H and O–H groups in total. The third kappa shape index (κ3) is 2.86. The van der Waals surface area contributed by atoms with Crippen LogP contribution in [0.4, 0.5) is 29.0 Å². The highest BCUT2D eigenvalue weighted by Gasteiger charge is 2.22. The Labute approximate surface area is 119 Å². The molecular formula is C11H11ClN6O2. The first-order valence-corrected chi connectivity index (χ1v) is 5.91. The van der Waals surface area contributed by atoms with Crippen LogP contribution >= 0.6 is 11.6 Å². The standard InChI is InChI=1S/C11H11ClN6O2/c1-14-10-8(18(19)20)9(13)16-11(17-10)15-7-4-2-3-6(12)5-7/h2-5H,1H3,(H4,13,14,15,16,17). The molecule has 0 spiro atoms. The van der Waals surface area contributed by atoms with Gasteiger partial charge in [-0.1, -0.05) is 17.7 Å². The van der Waals surface area contributed by atoms with Gasteiger partial charge >= 0.3 is 5.69 Å². The van der Waals surface area contributed by atoms with E-state index in [0.717, 1.165) is 0 Å². The van der Waals surface area contributed by atoms with Gasteiger partial charge in [-0.2, -0.15) is 9.97 Å². The molecule has 0 radical (unpaired) electrons. The summed E-state index contributed by atoms with van der Waals surface area (Å²) in [6.45, 7) is 0. The van der Waals surface area contributed by atoms with E-state index in [1.807, 2.05) is 0 Å². The summed E-state index contributed by atoms with van der Waals surface area (Å²) in [6.07, 6.45) is 0. The molecule has 2 rings (SSSR count). The molecule has 0 amide bonds. The van der Waals surface area contributed by atoms with Crippen molar-refractivity contribution >= 4 is 40.6 Å². The average molecular weight is 295 g/mol. The Hall–Kier alpha value is -2.61. The maximum absolute atomic E-state index is 10.9. The Kier molecular flexibility index (Phi) is 3.85. The van der Waals surface area contributed by atoms with Crippen LogP contribution in [0.1, 0.15) is 0 Å². The van der Waals surface area contributed by atoms with E-state index in [-0.39, 0.29) is 23.3 Å². The number of anilines is 4. The number of aromatic nitrogens is 2. The van der Waals surface area contributed by atoms with E-state index in [2.05, 4.69) is 20.6 Å². The number of benzene rings is 1. The minimum absolute atomic E-state index is 0.0343. The zero-order valence-electron chi connectivity index (χ0n) is 10.4. The number of nitrogen functional groups attached to an aromatic ring is 1. The second-order valence-electron chi connectivity index (χ2n) is 3.77. The Morgan fingerprint density at radius 2 is 2.15 bits per heavy atom. The first kappa shape index (κ1) is 13.8. The molecule has 8 nitrogen and oxygen atoms in total. The number of nitrogens with zero attached hydrogens (tertiary/aromatic N) is 3. The first-order valence-electron chi connectivity index (χ1n) is 5.53. The summed E-state index contributed by atoms with van der Waals surface area (Å²) in [6, 6.07) is 6.89. The summed E-state index contributed by atoms with van der Waals surface area (Å²) >= 11 is 5.86. The predicted molar refractivity (Wildman–Crippen MR) is 77.4 cm³/mol. The summed E-state index contributed by atoms with van der Waals surface area (Å²) in [5.74, 6) is -0.0503. The molecule has 1 aromatic carbocycles. The van der Waals surface area contributed by atoms with Crippen LogP contribution in [0.2, 0.25) is 5.02 Å². The van der Waals surface area contributed by atoms with E-state index in [9.17, 15) is 10.1 Å². The normalized spacial score (nSPS) is 10.1. The molecule has 0 unspecified atom stereocenters. The molecule has 0 saturated heterocycles. The van der Waals surface area contributed by atoms with Gasteiger partial charge in [-0.3, -0.25) is 10.1 Å². The molecule has 9 heteroatoms.